The Hall–Kier alpha value is -3.61. The number of aromatic nitrogens is 3. The van der Waals surface area contributed by atoms with Gasteiger partial charge >= 0.3 is 11.2 Å². The molecule has 4 rings (SSSR count). The number of anilines is 1. The number of alkyl halides is 3. The molecule has 0 bridgehead atoms. The van der Waals surface area contributed by atoms with Gasteiger partial charge < -0.3 is 10.4 Å². The van der Waals surface area contributed by atoms with Gasteiger partial charge in [0, 0.05) is 12.1 Å². The fourth-order valence-corrected chi connectivity index (χ4v) is 5.17. The van der Waals surface area contributed by atoms with Crippen LogP contribution in [0, 0.1) is 12.8 Å². The lowest BCUT2D eigenvalue weighted by atomic mass is 9.88. The number of nitrogens with one attached hydrogen (secondary N) is 1. The molecule has 1 saturated carbocycles. The number of hydrogen-bond donors (Lipinski definition) is 2. The molecule has 0 atom stereocenters. The smallest absolute Gasteiger partial charge is 0.493 e. The fourth-order valence-electron chi connectivity index (χ4n) is 4.41. The lowest BCUT2D eigenvalue weighted by molar-refractivity contribution is -0.120. The second-order valence-corrected chi connectivity index (χ2v) is 10.9. The summed E-state index contributed by atoms with van der Waals surface area (Å²) in [7, 11) is -5.56. The van der Waals surface area contributed by atoms with E-state index in [9.17, 15) is 36.3 Å². The van der Waals surface area contributed by atoms with Crippen LogP contribution in [0.1, 0.15) is 43.4 Å². The van der Waals surface area contributed by atoms with Crippen LogP contribution in [0.3, 0.4) is 0 Å². The van der Waals surface area contributed by atoms with E-state index in [1.807, 2.05) is 0 Å². The van der Waals surface area contributed by atoms with Gasteiger partial charge in [0.1, 0.15) is 0 Å². The highest BCUT2D eigenvalue weighted by Gasteiger charge is 2.46. The first-order chi connectivity index (χ1) is 17.4. The van der Waals surface area contributed by atoms with Crippen molar-refractivity contribution in [3.8, 4) is 11.6 Å². The number of imidazole rings is 1. The van der Waals surface area contributed by atoms with Crippen molar-refractivity contribution in [1.82, 2.24) is 14.1 Å². The minimum absolute atomic E-state index is 0.0222. The number of amides is 1. The van der Waals surface area contributed by atoms with Gasteiger partial charge in [-0.1, -0.05) is 19.3 Å². The molecule has 198 valence electrons. The van der Waals surface area contributed by atoms with E-state index in [4.69, 9.17) is 0 Å². The number of benzene rings is 1. The van der Waals surface area contributed by atoms with E-state index in [2.05, 4.69) is 10.3 Å². The molecule has 3 aromatic rings. The van der Waals surface area contributed by atoms with Gasteiger partial charge in [0.15, 0.2) is 0 Å². The van der Waals surface area contributed by atoms with E-state index in [0.29, 0.717) is 11.3 Å². The molecule has 2 aromatic heterocycles. The monoisotopic (exact) mass is 538 g/mol. The van der Waals surface area contributed by atoms with Crippen LogP contribution in [0.2, 0.25) is 0 Å². The molecule has 37 heavy (non-hydrogen) atoms. The van der Waals surface area contributed by atoms with Crippen LogP contribution in [-0.2, 0) is 21.2 Å². The van der Waals surface area contributed by atoms with Crippen LogP contribution in [0.25, 0.3) is 5.69 Å². The van der Waals surface area contributed by atoms with Crippen LogP contribution in [0.4, 0.5) is 18.9 Å². The Morgan fingerprint density at radius 3 is 2.41 bits per heavy atom. The molecule has 1 aliphatic carbocycles. The van der Waals surface area contributed by atoms with Crippen LogP contribution in [-0.4, -0.2) is 39.1 Å². The molecular weight excluding hydrogens is 513 g/mol. The lowest BCUT2D eigenvalue weighted by Gasteiger charge is -2.21. The molecule has 13 heteroatoms. The Bertz CT molecular complexity index is 1470. The highest BCUT2D eigenvalue weighted by Crippen LogP contribution is 2.31. The number of nitrogens with zero attached hydrogens (tertiary/aromatic N) is 3. The van der Waals surface area contributed by atoms with Gasteiger partial charge in [0.05, 0.1) is 34.7 Å². The summed E-state index contributed by atoms with van der Waals surface area (Å²) in [6.45, 7) is 1.45. The Morgan fingerprint density at radius 2 is 1.78 bits per heavy atom. The Kier molecular flexibility index (Phi) is 7.18. The predicted octanol–water partition coefficient (Wildman–Crippen LogP) is 3.91. The molecule has 0 radical (unpaired) electrons. The molecule has 0 spiro atoms. The molecule has 2 heterocycles. The predicted molar refractivity (Wildman–Crippen MR) is 128 cm³/mol. The Labute approximate surface area is 210 Å². The summed E-state index contributed by atoms with van der Waals surface area (Å²) in [5.74, 6) is -0.675. The van der Waals surface area contributed by atoms with Crippen molar-refractivity contribution in [3.05, 3.63) is 64.5 Å². The van der Waals surface area contributed by atoms with Crippen molar-refractivity contribution < 1.29 is 31.5 Å². The average Bonchev–Trinajstić information content (AvgIpc) is 3.08. The number of hydrogen-bond acceptors (Lipinski definition) is 6. The fraction of sp³-hybridized carbons (Fsp3) is 0.375. The van der Waals surface area contributed by atoms with E-state index in [1.54, 1.807) is 6.07 Å². The number of halogens is 3. The first-order valence-electron chi connectivity index (χ1n) is 11.6. The van der Waals surface area contributed by atoms with Crippen molar-refractivity contribution >= 4 is 21.4 Å². The molecule has 1 aliphatic rings. The molecule has 1 aromatic carbocycles. The Balaban J connectivity index is 1.63. The topological polar surface area (TPSA) is 123 Å². The first-order valence-corrected chi connectivity index (χ1v) is 13.1. The van der Waals surface area contributed by atoms with Crippen molar-refractivity contribution in [2.75, 3.05) is 5.32 Å². The summed E-state index contributed by atoms with van der Waals surface area (Å²) in [6.07, 6.45) is 7.67. The summed E-state index contributed by atoms with van der Waals surface area (Å²) in [5, 5.41) is 13.5. The van der Waals surface area contributed by atoms with Crippen LogP contribution >= 0.6 is 0 Å². The van der Waals surface area contributed by atoms with E-state index in [-0.39, 0.29) is 29.8 Å². The molecular formula is C24H25F3N4O5S. The number of pyridine rings is 1. The standard InChI is InChI=1S/C24H25F3N4O5S/c1-15-22(33)31(18-7-9-19(10-8-18)37(35,36)24(25,26)27)23(34)30(15)14-17-11-12-28-13-20(17)29-21(32)16-5-3-2-4-6-16/h7-13,16,33H,2-6,14H2,1H3,(H,29,32). The maximum absolute atomic E-state index is 13.2. The number of sulfone groups is 1. The van der Waals surface area contributed by atoms with Gasteiger partial charge in [-0.15, -0.1) is 0 Å². The van der Waals surface area contributed by atoms with Crippen LogP contribution in [0.15, 0.2) is 52.4 Å². The molecule has 1 fully saturated rings. The van der Waals surface area contributed by atoms with E-state index < -0.39 is 31.8 Å². The van der Waals surface area contributed by atoms with Gasteiger partial charge in [-0.2, -0.15) is 13.2 Å². The summed E-state index contributed by atoms with van der Waals surface area (Å²) < 4.78 is 63.9. The number of rotatable bonds is 6. The minimum Gasteiger partial charge on any atom is -0.493 e. The SMILES string of the molecule is Cc1c(O)n(-c2ccc(S(=O)(=O)C(F)(F)F)cc2)c(=O)n1Cc1ccncc1NC(=O)C1CCCCC1. The van der Waals surface area contributed by atoms with Gasteiger partial charge in [-0.25, -0.2) is 17.8 Å². The second-order valence-electron chi connectivity index (χ2n) is 8.91. The third kappa shape index (κ3) is 5.13. The highest BCUT2D eigenvalue weighted by atomic mass is 32.2. The largest absolute Gasteiger partial charge is 0.501 e. The van der Waals surface area contributed by atoms with Crippen molar-refractivity contribution in [3.63, 3.8) is 0 Å². The lowest BCUT2D eigenvalue weighted by Crippen LogP contribution is -2.27. The number of aromatic hydroxyl groups is 1. The normalized spacial score (nSPS) is 15.0. The molecule has 9 nitrogen and oxygen atoms in total. The van der Waals surface area contributed by atoms with Gasteiger partial charge in [0.25, 0.3) is 9.84 Å². The molecule has 0 unspecified atom stereocenters. The zero-order chi connectivity index (χ0) is 27.0. The molecule has 2 N–H and O–H groups in total. The summed E-state index contributed by atoms with van der Waals surface area (Å²) in [6, 6.07) is 5.09. The molecule has 0 aliphatic heterocycles. The quantitative estimate of drug-likeness (QED) is 0.491. The zero-order valence-electron chi connectivity index (χ0n) is 19.8. The number of carbonyl (C=O) groups is 1. The summed E-state index contributed by atoms with van der Waals surface area (Å²) >= 11 is 0. The molecule has 0 saturated heterocycles. The maximum atomic E-state index is 13.2. The van der Waals surface area contributed by atoms with Crippen molar-refractivity contribution in [2.45, 2.75) is 56.0 Å². The third-order valence-electron chi connectivity index (χ3n) is 6.55. The third-order valence-corrected chi connectivity index (χ3v) is 8.05. The van der Waals surface area contributed by atoms with Crippen LogP contribution in [0.5, 0.6) is 5.88 Å². The van der Waals surface area contributed by atoms with Gasteiger partial charge in [0.2, 0.25) is 11.8 Å². The van der Waals surface area contributed by atoms with Gasteiger partial charge in [-0.3, -0.25) is 14.3 Å². The Morgan fingerprint density at radius 1 is 1.14 bits per heavy atom. The first kappa shape index (κ1) is 26.5. The van der Waals surface area contributed by atoms with Crippen molar-refractivity contribution in [2.24, 2.45) is 5.92 Å². The minimum atomic E-state index is -5.56. The average molecular weight is 539 g/mol. The summed E-state index contributed by atoms with van der Waals surface area (Å²) in [5.41, 5.74) is -5.04. The number of carbonyl (C=O) groups excluding carboxylic acids is 1. The zero-order valence-corrected chi connectivity index (χ0v) is 20.6. The highest BCUT2D eigenvalue weighted by molar-refractivity contribution is 7.92. The van der Waals surface area contributed by atoms with Gasteiger partial charge in [-0.05, 0) is 55.7 Å². The van der Waals surface area contributed by atoms with Crippen LogP contribution < -0.4 is 11.0 Å². The summed E-state index contributed by atoms with van der Waals surface area (Å²) in [4.78, 5) is 29.0. The van der Waals surface area contributed by atoms with E-state index in [1.165, 1.54) is 23.9 Å². The second kappa shape index (κ2) is 10.0. The van der Waals surface area contributed by atoms with E-state index >= 15 is 0 Å². The molecule has 1 amide bonds. The van der Waals surface area contributed by atoms with Crippen molar-refractivity contribution in [1.29, 1.82) is 0 Å². The maximum Gasteiger partial charge on any atom is 0.501 e. The van der Waals surface area contributed by atoms with E-state index in [0.717, 1.165) is 60.9 Å².